The first-order valence-electron chi connectivity index (χ1n) is 7.86. The Kier molecular flexibility index (Phi) is 8.12. The van der Waals surface area contributed by atoms with Gasteiger partial charge < -0.3 is 10.2 Å². The van der Waals surface area contributed by atoms with Gasteiger partial charge in [-0.1, -0.05) is 0 Å². The molecule has 2 saturated heterocycles. The third-order valence-electron chi connectivity index (χ3n) is 3.94. The van der Waals surface area contributed by atoms with Crippen LogP contribution < -0.4 is 5.32 Å². The van der Waals surface area contributed by atoms with Crippen LogP contribution in [0.5, 0.6) is 0 Å². The van der Waals surface area contributed by atoms with Crippen molar-refractivity contribution in [3.05, 3.63) is 0 Å². The molecule has 2 aliphatic heterocycles. The number of imide groups is 1. The minimum absolute atomic E-state index is 0. The van der Waals surface area contributed by atoms with Crippen molar-refractivity contribution in [1.29, 1.82) is 0 Å². The number of thioether (sulfide) groups is 1. The topological polar surface area (TPSA) is 65.0 Å². The number of carbonyl (C=O) groups excluding carboxylic acids is 2. The molecule has 0 aromatic heterocycles. The fraction of sp³-hybridized carbons (Fsp3) is 0.800. The monoisotopic (exact) mass is 454 g/mol. The smallest absolute Gasteiger partial charge is 0.229 e. The zero-order valence-electron chi connectivity index (χ0n) is 14.1. The SMILES string of the molecule is CN=C(NCCN1C(=O)CCCC1=O)N1CCSC(C)(C)C1.I. The Balaban J connectivity index is 0.00000264. The van der Waals surface area contributed by atoms with Crippen LogP contribution in [0.3, 0.4) is 0 Å². The molecule has 0 aromatic carbocycles. The Labute approximate surface area is 159 Å². The van der Waals surface area contributed by atoms with Crippen molar-refractivity contribution in [2.45, 2.75) is 37.9 Å². The maximum atomic E-state index is 11.8. The highest BCUT2D eigenvalue weighted by Gasteiger charge is 2.29. The summed E-state index contributed by atoms with van der Waals surface area (Å²) < 4.78 is 0.217. The fourth-order valence-corrected chi connectivity index (χ4v) is 3.97. The van der Waals surface area contributed by atoms with Crippen LogP contribution in [-0.4, -0.2) is 71.3 Å². The second-order valence-electron chi connectivity index (χ2n) is 6.30. The van der Waals surface area contributed by atoms with Crippen LogP contribution in [0.4, 0.5) is 0 Å². The van der Waals surface area contributed by atoms with E-state index in [2.05, 4.69) is 29.1 Å². The number of likely N-dealkylation sites (tertiary alicyclic amines) is 1. The molecule has 0 spiro atoms. The molecule has 0 atom stereocenters. The highest BCUT2D eigenvalue weighted by Crippen LogP contribution is 2.29. The van der Waals surface area contributed by atoms with Gasteiger partial charge in [-0.2, -0.15) is 11.8 Å². The number of piperidine rings is 1. The second-order valence-corrected chi connectivity index (χ2v) is 8.10. The van der Waals surface area contributed by atoms with Crippen molar-refractivity contribution in [3.63, 3.8) is 0 Å². The molecule has 2 aliphatic rings. The molecular formula is C15H27IN4O2S. The van der Waals surface area contributed by atoms with Crippen LogP contribution in [0.1, 0.15) is 33.1 Å². The number of hydrogen-bond donors (Lipinski definition) is 1. The van der Waals surface area contributed by atoms with Crippen LogP contribution in [0, 0.1) is 0 Å². The quantitative estimate of drug-likeness (QED) is 0.304. The van der Waals surface area contributed by atoms with Gasteiger partial charge in [0.05, 0.1) is 0 Å². The highest BCUT2D eigenvalue weighted by molar-refractivity contribution is 14.0. The number of amides is 2. The molecule has 23 heavy (non-hydrogen) atoms. The summed E-state index contributed by atoms with van der Waals surface area (Å²) in [6.45, 7) is 7.36. The van der Waals surface area contributed by atoms with E-state index in [-0.39, 0.29) is 40.5 Å². The minimum Gasteiger partial charge on any atom is -0.354 e. The molecule has 0 bridgehead atoms. The summed E-state index contributed by atoms with van der Waals surface area (Å²) in [6, 6.07) is 0. The van der Waals surface area contributed by atoms with Crippen molar-refractivity contribution >= 4 is 53.5 Å². The van der Waals surface area contributed by atoms with Gasteiger partial charge >= 0.3 is 0 Å². The van der Waals surface area contributed by atoms with Gasteiger partial charge in [0, 0.05) is 56.6 Å². The number of halogens is 1. The van der Waals surface area contributed by atoms with E-state index in [4.69, 9.17) is 0 Å². The summed E-state index contributed by atoms with van der Waals surface area (Å²) >= 11 is 1.98. The molecule has 2 amide bonds. The Morgan fingerprint density at radius 3 is 2.52 bits per heavy atom. The van der Waals surface area contributed by atoms with Crippen molar-refractivity contribution in [1.82, 2.24) is 15.1 Å². The van der Waals surface area contributed by atoms with Crippen molar-refractivity contribution in [3.8, 4) is 0 Å². The number of aliphatic imine (C=N–C) groups is 1. The maximum Gasteiger partial charge on any atom is 0.229 e. The average molecular weight is 454 g/mol. The molecule has 0 aromatic rings. The summed E-state index contributed by atoms with van der Waals surface area (Å²) in [5, 5.41) is 3.29. The standard InChI is InChI=1S/C15H26N4O2S.HI/c1-15(2)11-18(9-10-22-15)14(16-3)17-7-8-19-12(20)5-4-6-13(19)21;/h4-11H2,1-3H3,(H,16,17);1H. The number of nitrogens with zero attached hydrogens (tertiary/aromatic N) is 3. The summed E-state index contributed by atoms with van der Waals surface area (Å²) in [5.74, 6) is 1.83. The van der Waals surface area contributed by atoms with Gasteiger partial charge in [-0.05, 0) is 20.3 Å². The normalized spacial score (nSPS) is 22.0. The molecule has 2 fully saturated rings. The molecule has 132 valence electrons. The van der Waals surface area contributed by atoms with Crippen LogP contribution in [0.15, 0.2) is 4.99 Å². The summed E-state index contributed by atoms with van der Waals surface area (Å²) in [4.78, 5) is 31.5. The van der Waals surface area contributed by atoms with Crippen LogP contribution in [0.25, 0.3) is 0 Å². The van der Waals surface area contributed by atoms with Gasteiger partial charge in [0.25, 0.3) is 0 Å². The first-order chi connectivity index (χ1) is 10.4. The van der Waals surface area contributed by atoms with Crippen LogP contribution in [-0.2, 0) is 9.59 Å². The summed E-state index contributed by atoms with van der Waals surface area (Å²) in [5.41, 5.74) is 0. The largest absolute Gasteiger partial charge is 0.354 e. The third kappa shape index (κ3) is 5.81. The lowest BCUT2D eigenvalue weighted by molar-refractivity contribution is -0.147. The molecule has 0 unspecified atom stereocenters. The zero-order chi connectivity index (χ0) is 16.2. The molecular weight excluding hydrogens is 427 g/mol. The lowest BCUT2D eigenvalue weighted by Gasteiger charge is -2.39. The summed E-state index contributed by atoms with van der Waals surface area (Å²) in [6.07, 6.45) is 1.65. The van der Waals surface area contributed by atoms with E-state index in [9.17, 15) is 9.59 Å². The number of hydrogen-bond acceptors (Lipinski definition) is 4. The predicted molar refractivity (Wildman–Crippen MR) is 105 cm³/mol. The van der Waals surface area contributed by atoms with Gasteiger partial charge in [-0.3, -0.25) is 19.5 Å². The van der Waals surface area contributed by atoms with E-state index in [1.807, 2.05) is 11.8 Å². The number of guanidine groups is 1. The van der Waals surface area contributed by atoms with Gasteiger partial charge in [-0.15, -0.1) is 24.0 Å². The number of nitrogens with one attached hydrogen (secondary N) is 1. The van der Waals surface area contributed by atoms with Crippen molar-refractivity contribution < 1.29 is 9.59 Å². The first-order valence-corrected chi connectivity index (χ1v) is 8.84. The molecule has 2 heterocycles. The molecule has 2 rings (SSSR count). The Morgan fingerprint density at radius 2 is 1.96 bits per heavy atom. The van der Waals surface area contributed by atoms with E-state index in [1.54, 1.807) is 7.05 Å². The fourth-order valence-electron chi connectivity index (χ4n) is 2.86. The third-order valence-corrected chi connectivity index (χ3v) is 5.24. The Morgan fingerprint density at radius 1 is 1.30 bits per heavy atom. The van der Waals surface area contributed by atoms with Crippen LogP contribution >= 0.6 is 35.7 Å². The first kappa shape index (κ1) is 20.5. The number of rotatable bonds is 3. The van der Waals surface area contributed by atoms with E-state index in [0.717, 1.165) is 24.8 Å². The number of carbonyl (C=O) groups is 2. The molecule has 0 radical (unpaired) electrons. The minimum atomic E-state index is -0.0523. The van der Waals surface area contributed by atoms with Gasteiger partial charge in [0.15, 0.2) is 5.96 Å². The predicted octanol–water partition coefficient (Wildman–Crippen LogP) is 1.55. The van der Waals surface area contributed by atoms with Crippen LogP contribution in [0.2, 0.25) is 0 Å². The lowest BCUT2D eigenvalue weighted by Crippen LogP contribution is -2.52. The van der Waals surface area contributed by atoms with Gasteiger partial charge in [0.2, 0.25) is 11.8 Å². The lowest BCUT2D eigenvalue weighted by atomic mass is 10.1. The van der Waals surface area contributed by atoms with E-state index in [0.29, 0.717) is 32.4 Å². The van der Waals surface area contributed by atoms with Crippen molar-refractivity contribution in [2.24, 2.45) is 4.99 Å². The second kappa shape index (κ2) is 9.10. The average Bonchev–Trinajstić information content (AvgIpc) is 2.45. The molecule has 8 heteroatoms. The molecule has 0 aliphatic carbocycles. The Hall–Kier alpha value is -0.510. The molecule has 0 saturated carbocycles. The zero-order valence-corrected chi connectivity index (χ0v) is 17.3. The van der Waals surface area contributed by atoms with Gasteiger partial charge in [-0.25, -0.2) is 0 Å². The van der Waals surface area contributed by atoms with E-state index >= 15 is 0 Å². The molecule has 6 nitrogen and oxygen atoms in total. The van der Waals surface area contributed by atoms with Gasteiger partial charge in [0.1, 0.15) is 0 Å². The highest BCUT2D eigenvalue weighted by atomic mass is 127. The summed E-state index contributed by atoms with van der Waals surface area (Å²) in [7, 11) is 1.77. The Bertz CT molecular complexity index is 454. The maximum absolute atomic E-state index is 11.8. The van der Waals surface area contributed by atoms with Crippen molar-refractivity contribution in [2.75, 3.05) is 39.0 Å². The van der Waals surface area contributed by atoms with E-state index in [1.165, 1.54) is 4.90 Å². The molecule has 1 N–H and O–H groups in total. The van der Waals surface area contributed by atoms with E-state index < -0.39 is 0 Å².